The Morgan fingerprint density at radius 3 is 3.38 bits per heavy atom. The Balaban J connectivity index is 2.90. The number of hydrogen-bond donors (Lipinski definition) is 0. The van der Waals surface area contributed by atoms with Gasteiger partial charge in [0.05, 0.1) is 0 Å². The van der Waals surface area contributed by atoms with E-state index in [1.807, 2.05) is 0 Å². The maximum Gasteiger partial charge on any atom is 0.125 e. The number of halogens is 1. The van der Waals surface area contributed by atoms with Gasteiger partial charge in [-0.15, -0.1) is 0 Å². The van der Waals surface area contributed by atoms with Gasteiger partial charge in [0.25, 0.3) is 0 Å². The van der Waals surface area contributed by atoms with Gasteiger partial charge in [0.1, 0.15) is 5.83 Å². The first-order chi connectivity index (χ1) is 3.89. The van der Waals surface area contributed by atoms with Crippen LogP contribution in [-0.2, 0) is 0 Å². The molecule has 8 heavy (non-hydrogen) atoms. The third-order valence-electron chi connectivity index (χ3n) is 0.700. The smallest absolute Gasteiger partial charge is 0.125 e. The molecule has 1 nitrogen and oxygen atoms in total. The first-order valence-corrected chi connectivity index (χ1v) is 2.20. The van der Waals surface area contributed by atoms with Crippen LogP contribution in [0, 0.1) is 0 Å². The van der Waals surface area contributed by atoms with Crippen molar-refractivity contribution in [3.63, 3.8) is 0 Å². The summed E-state index contributed by atoms with van der Waals surface area (Å²) >= 11 is 0. The predicted octanol–water partition coefficient (Wildman–Crippen LogP) is 1.59. The summed E-state index contributed by atoms with van der Waals surface area (Å²) in [7, 11) is 0. The molecular formula is C6H4FN. The van der Waals surface area contributed by atoms with Crippen LogP contribution in [0.1, 0.15) is 0 Å². The normalized spacial score (nSPS) is 15.9. The van der Waals surface area contributed by atoms with E-state index < -0.39 is 0 Å². The third kappa shape index (κ3) is 1.17. The van der Waals surface area contributed by atoms with Gasteiger partial charge in [-0.05, 0) is 18.0 Å². The number of allylic oxidation sites excluding steroid dienone is 4. The molecule has 0 fully saturated rings. The van der Waals surface area contributed by atoms with E-state index in [1.165, 1.54) is 24.4 Å². The van der Waals surface area contributed by atoms with Gasteiger partial charge in [-0.2, -0.15) is 0 Å². The summed E-state index contributed by atoms with van der Waals surface area (Å²) in [6, 6.07) is 0. The molecule has 0 unspecified atom stereocenters. The zero-order valence-corrected chi connectivity index (χ0v) is 4.13. The molecule has 1 heterocycles. The molecule has 2 heteroatoms. The van der Waals surface area contributed by atoms with Crippen molar-refractivity contribution in [3.05, 3.63) is 30.3 Å². The lowest BCUT2D eigenvalue weighted by atomic mass is 10.4. The van der Waals surface area contributed by atoms with Crippen LogP contribution in [0.2, 0.25) is 0 Å². The van der Waals surface area contributed by atoms with Crippen molar-refractivity contribution < 1.29 is 4.39 Å². The quantitative estimate of drug-likeness (QED) is 0.448. The summed E-state index contributed by atoms with van der Waals surface area (Å²) in [5.74, 6) is 2.18. The monoisotopic (exact) mass is 109 g/mol. The number of rotatable bonds is 0. The lowest BCUT2D eigenvalue weighted by Crippen LogP contribution is -1.57. The van der Waals surface area contributed by atoms with E-state index in [-0.39, 0.29) is 5.83 Å². The average molecular weight is 109 g/mol. The summed E-state index contributed by atoms with van der Waals surface area (Å²) < 4.78 is 12.1. The van der Waals surface area contributed by atoms with Crippen LogP contribution < -0.4 is 0 Å². The van der Waals surface area contributed by atoms with E-state index in [1.54, 1.807) is 0 Å². The molecule has 0 aromatic carbocycles. The van der Waals surface area contributed by atoms with Crippen LogP contribution in [0.15, 0.2) is 35.2 Å². The van der Waals surface area contributed by atoms with Gasteiger partial charge >= 0.3 is 0 Å². The topological polar surface area (TPSA) is 12.4 Å². The third-order valence-corrected chi connectivity index (χ3v) is 0.700. The van der Waals surface area contributed by atoms with Gasteiger partial charge in [0.2, 0.25) is 0 Å². The molecule has 0 aliphatic carbocycles. The van der Waals surface area contributed by atoms with E-state index in [4.69, 9.17) is 0 Å². The molecule has 0 aromatic rings. The number of hydrogen-bond acceptors (Lipinski definition) is 1. The lowest BCUT2D eigenvalue weighted by molar-refractivity contribution is 0.667. The van der Waals surface area contributed by atoms with Crippen LogP contribution in [0.5, 0.6) is 0 Å². The minimum Gasteiger partial charge on any atom is -0.214 e. The molecule has 0 bridgehead atoms. The molecule has 0 radical (unpaired) electrons. The SMILES string of the molecule is FC1=CC=C=NC=C1. The van der Waals surface area contributed by atoms with Crippen molar-refractivity contribution >= 4 is 5.87 Å². The molecule has 1 aliphatic heterocycles. The van der Waals surface area contributed by atoms with Gasteiger partial charge in [-0.25, -0.2) is 9.38 Å². The highest BCUT2D eigenvalue weighted by molar-refractivity contribution is 5.57. The van der Waals surface area contributed by atoms with Gasteiger partial charge in [-0.1, -0.05) is 0 Å². The maximum absolute atomic E-state index is 12.1. The van der Waals surface area contributed by atoms with E-state index >= 15 is 0 Å². The largest absolute Gasteiger partial charge is 0.214 e. The van der Waals surface area contributed by atoms with Crippen molar-refractivity contribution in [2.45, 2.75) is 0 Å². The molecule has 1 rings (SSSR count). The molecule has 0 saturated carbocycles. The number of nitrogens with zero attached hydrogens (tertiary/aromatic N) is 1. The summed E-state index contributed by atoms with van der Waals surface area (Å²) in [6.07, 6.45) is 5.36. The van der Waals surface area contributed by atoms with Crippen LogP contribution >= 0.6 is 0 Å². The highest BCUT2D eigenvalue weighted by atomic mass is 19.1. The second-order valence-corrected chi connectivity index (χ2v) is 1.29. The number of aliphatic imine (C=N–C) groups is 1. The Bertz CT molecular complexity index is 195. The van der Waals surface area contributed by atoms with E-state index in [0.29, 0.717) is 0 Å². The average Bonchev–Trinajstić information content (AvgIpc) is 1.94. The first-order valence-electron chi connectivity index (χ1n) is 2.20. The van der Waals surface area contributed by atoms with Crippen molar-refractivity contribution in [3.8, 4) is 0 Å². The van der Waals surface area contributed by atoms with Gasteiger partial charge < -0.3 is 0 Å². The van der Waals surface area contributed by atoms with Crippen molar-refractivity contribution in [1.29, 1.82) is 0 Å². The fraction of sp³-hybridized carbons (Fsp3) is 0. The summed E-state index contributed by atoms with van der Waals surface area (Å²) in [6.45, 7) is 0. The zero-order valence-electron chi connectivity index (χ0n) is 4.13. The summed E-state index contributed by atoms with van der Waals surface area (Å²) in [5.41, 5.74) is 0. The van der Waals surface area contributed by atoms with Crippen molar-refractivity contribution in [2.75, 3.05) is 0 Å². The standard InChI is InChI=1S/C6H4FN/c7-6-2-1-4-8-5-3-6/h1-3,5H. The van der Waals surface area contributed by atoms with E-state index in [0.717, 1.165) is 0 Å². The lowest BCUT2D eigenvalue weighted by Gasteiger charge is -1.74. The Morgan fingerprint density at radius 2 is 2.50 bits per heavy atom. The molecule has 40 valence electrons. The van der Waals surface area contributed by atoms with Crippen LogP contribution in [0.25, 0.3) is 0 Å². The Hall–Kier alpha value is -1.14. The molecule has 0 aromatic heterocycles. The van der Waals surface area contributed by atoms with Crippen LogP contribution in [0.4, 0.5) is 4.39 Å². The fourth-order valence-corrected chi connectivity index (χ4v) is 0.367. The minimum atomic E-state index is -0.293. The first kappa shape index (κ1) is 5.01. The van der Waals surface area contributed by atoms with Crippen molar-refractivity contribution in [2.24, 2.45) is 4.99 Å². The zero-order chi connectivity index (χ0) is 5.82. The molecule has 1 aliphatic rings. The second-order valence-electron chi connectivity index (χ2n) is 1.29. The van der Waals surface area contributed by atoms with Gasteiger partial charge in [-0.3, -0.25) is 0 Å². The highest BCUT2D eigenvalue weighted by Gasteiger charge is 1.82. The van der Waals surface area contributed by atoms with E-state index in [9.17, 15) is 4.39 Å². The highest BCUT2D eigenvalue weighted by Crippen LogP contribution is 1.98. The molecule has 0 spiro atoms. The van der Waals surface area contributed by atoms with Gasteiger partial charge in [0.15, 0.2) is 0 Å². The molecule has 0 atom stereocenters. The molecule has 0 amide bonds. The molecular weight excluding hydrogens is 105 g/mol. The van der Waals surface area contributed by atoms with Crippen molar-refractivity contribution in [1.82, 2.24) is 0 Å². The van der Waals surface area contributed by atoms with Gasteiger partial charge in [0, 0.05) is 12.3 Å². The molecule has 0 N–H and O–H groups in total. The van der Waals surface area contributed by atoms with Crippen LogP contribution in [0.3, 0.4) is 0 Å². The molecule has 0 saturated heterocycles. The predicted molar refractivity (Wildman–Crippen MR) is 30.3 cm³/mol. The fourth-order valence-electron chi connectivity index (χ4n) is 0.367. The minimum absolute atomic E-state index is 0.293. The summed E-state index contributed by atoms with van der Waals surface area (Å²) in [5, 5.41) is 0. The van der Waals surface area contributed by atoms with Crippen LogP contribution in [-0.4, -0.2) is 5.87 Å². The maximum atomic E-state index is 12.1. The second kappa shape index (κ2) is 2.24. The Kier molecular flexibility index (Phi) is 1.40. The summed E-state index contributed by atoms with van der Waals surface area (Å²) in [4.78, 5) is 3.54. The van der Waals surface area contributed by atoms with E-state index in [2.05, 4.69) is 10.9 Å². The Morgan fingerprint density at radius 1 is 1.62 bits per heavy atom. The Labute approximate surface area is 46.6 Å².